The Hall–Kier alpha value is -2.22. The zero-order valence-electron chi connectivity index (χ0n) is 18.7. The highest BCUT2D eigenvalue weighted by Gasteiger charge is 2.41. The predicted octanol–water partition coefficient (Wildman–Crippen LogP) is 5.53. The number of esters is 1. The number of carbonyl (C=O) groups excluding carboxylic acids is 2. The molecule has 1 aliphatic heterocycles. The van der Waals surface area contributed by atoms with E-state index >= 15 is 0 Å². The highest BCUT2D eigenvalue weighted by atomic mass is 32.1. The molecule has 1 aliphatic carbocycles. The average molecular weight is 472 g/mol. The molecule has 32 heavy (non-hydrogen) atoms. The van der Waals surface area contributed by atoms with Gasteiger partial charge in [0, 0.05) is 47.2 Å². The molecule has 0 spiro atoms. The van der Waals surface area contributed by atoms with Crippen molar-refractivity contribution < 1.29 is 19.1 Å². The normalized spacial score (nSPS) is 21.9. The molecular formula is C25H29NO4S2. The first-order valence-corrected chi connectivity index (χ1v) is 12.8. The van der Waals surface area contributed by atoms with Crippen LogP contribution in [-0.2, 0) is 19.1 Å². The van der Waals surface area contributed by atoms with Gasteiger partial charge in [-0.05, 0) is 53.6 Å². The van der Waals surface area contributed by atoms with Gasteiger partial charge < -0.3 is 14.8 Å². The number of carbonyl (C=O) groups is 2. The summed E-state index contributed by atoms with van der Waals surface area (Å²) in [5.74, 6) is -0.500. The van der Waals surface area contributed by atoms with Crippen molar-refractivity contribution in [1.29, 1.82) is 0 Å². The fraction of sp³-hybridized carbons (Fsp3) is 0.440. The molecule has 0 amide bonds. The molecule has 0 aromatic carbocycles. The van der Waals surface area contributed by atoms with E-state index in [1.165, 1.54) is 4.88 Å². The number of allylic oxidation sites excluding steroid dienone is 3. The molecule has 170 valence electrons. The lowest BCUT2D eigenvalue weighted by molar-refractivity contribution is -0.143. The second-order valence-corrected chi connectivity index (χ2v) is 10.1. The van der Waals surface area contributed by atoms with Crippen LogP contribution in [-0.4, -0.2) is 31.6 Å². The molecule has 4 rings (SSSR count). The van der Waals surface area contributed by atoms with Gasteiger partial charge in [-0.1, -0.05) is 19.4 Å². The largest absolute Gasteiger partial charge is 0.459 e. The topological polar surface area (TPSA) is 64.6 Å². The van der Waals surface area contributed by atoms with Crippen molar-refractivity contribution in [2.75, 3.05) is 13.7 Å². The quantitative estimate of drug-likeness (QED) is 0.513. The summed E-state index contributed by atoms with van der Waals surface area (Å²) in [5, 5.41) is 9.47. The lowest BCUT2D eigenvalue weighted by Gasteiger charge is -2.36. The van der Waals surface area contributed by atoms with Gasteiger partial charge in [0.15, 0.2) is 5.78 Å². The number of rotatable bonds is 8. The summed E-state index contributed by atoms with van der Waals surface area (Å²) in [7, 11) is 1.64. The zero-order valence-corrected chi connectivity index (χ0v) is 20.3. The van der Waals surface area contributed by atoms with Crippen molar-refractivity contribution in [2.24, 2.45) is 0 Å². The Balaban J connectivity index is 1.65. The number of ether oxygens (including phenoxy) is 2. The molecule has 0 saturated carbocycles. The van der Waals surface area contributed by atoms with Crippen LogP contribution < -0.4 is 5.32 Å². The molecular weight excluding hydrogens is 442 g/mol. The summed E-state index contributed by atoms with van der Waals surface area (Å²) in [6.45, 7) is 4.18. The van der Waals surface area contributed by atoms with Crippen molar-refractivity contribution in [3.05, 3.63) is 67.3 Å². The van der Waals surface area contributed by atoms with Gasteiger partial charge in [-0.2, -0.15) is 11.3 Å². The van der Waals surface area contributed by atoms with Crippen molar-refractivity contribution in [3.63, 3.8) is 0 Å². The van der Waals surface area contributed by atoms with Crippen LogP contribution in [0.4, 0.5) is 0 Å². The lowest BCUT2D eigenvalue weighted by Crippen LogP contribution is -2.36. The first-order chi connectivity index (χ1) is 15.5. The number of thiophene rings is 2. The van der Waals surface area contributed by atoms with Gasteiger partial charge in [0.1, 0.15) is 6.61 Å². The van der Waals surface area contributed by atoms with Gasteiger partial charge in [0.25, 0.3) is 0 Å². The van der Waals surface area contributed by atoms with Crippen molar-refractivity contribution >= 4 is 34.4 Å². The highest BCUT2D eigenvalue weighted by molar-refractivity contribution is 7.10. The van der Waals surface area contributed by atoms with Crippen LogP contribution in [0.15, 0.2) is 56.9 Å². The maximum absolute atomic E-state index is 13.4. The smallest absolute Gasteiger partial charge is 0.336 e. The number of nitrogens with one attached hydrogen (secondary N) is 1. The van der Waals surface area contributed by atoms with E-state index in [1.54, 1.807) is 29.8 Å². The molecule has 0 saturated heterocycles. The van der Waals surface area contributed by atoms with Crippen LogP contribution in [0, 0.1) is 0 Å². The third kappa shape index (κ3) is 4.60. The van der Waals surface area contributed by atoms with Crippen molar-refractivity contribution in [2.45, 2.75) is 57.5 Å². The van der Waals surface area contributed by atoms with Crippen LogP contribution in [0.3, 0.4) is 0 Å². The molecule has 2 aliphatic rings. The van der Waals surface area contributed by atoms with Crippen LogP contribution in [0.5, 0.6) is 0 Å². The Kier molecular flexibility index (Phi) is 7.28. The predicted molar refractivity (Wildman–Crippen MR) is 128 cm³/mol. The van der Waals surface area contributed by atoms with Crippen LogP contribution in [0.25, 0.3) is 0 Å². The molecule has 0 bridgehead atoms. The van der Waals surface area contributed by atoms with Crippen LogP contribution in [0.2, 0.25) is 0 Å². The molecule has 2 aromatic rings. The van der Waals surface area contributed by atoms with E-state index in [2.05, 4.69) is 23.7 Å². The van der Waals surface area contributed by atoms with E-state index in [1.807, 2.05) is 29.8 Å². The van der Waals surface area contributed by atoms with E-state index in [0.29, 0.717) is 17.6 Å². The van der Waals surface area contributed by atoms with E-state index < -0.39 is 5.92 Å². The molecule has 3 heterocycles. The molecule has 5 nitrogen and oxygen atoms in total. The maximum Gasteiger partial charge on any atom is 0.336 e. The third-order valence-electron chi connectivity index (χ3n) is 6.21. The van der Waals surface area contributed by atoms with Crippen LogP contribution in [0.1, 0.15) is 61.8 Å². The van der Waals surface area contributed by atoms with E-state index in [-0.39, 0.29) is 30.4 Å². The van der Waals surface area contributed by atoms with E-state index in [4.69, 9.17) is 9.47 Å². The standard InChI is InChI=1S/C25H29NO4S2/c1-4-6-18(29-3)13-30-25(28)22-15(2)26-19-11-17(21-7-5-9-32-21)12-20(27)24(19)23(22)16-8-10-31-14-16/h5,7-10,14,17-18,23,26H,4,6,11-13H2,1-3H3/t17-,18-,23-/m1/s1. The Morgan fingerprint density at radius 2 is 2.12 bits per heavy atom. The second-order valence-electron chi connectivity index (χ2n) is 8.33. The molecule has 0 unspecified atom stereocenters. The number of Topliss-reactive ketones (excluding diaryl/α,β-unsaturated/α-hetero) is 1. The first kappa shape index (κ1) is 23.0. The van der Waals surface area contributed by atoms with Gasteiger partial charge in [0.2, 0.25) is 0 Å². The molecule has 0 fully saturated rings. The van der Waals surface area contributed by atoms with Crippen molar-refractivity contribution in [1.82, 2.24) is 5.32 Å². The minimum absolute atomic E-state index is 0.104. The molecule has 0 radical (unpaired) electrons. The lowest BCUT2D eigenvalue weighted by atomic mass is 9.73. The third-order valence-corrected chi connectivity index (χ3v) is 7.95. The van der Waals surface area contributed by atoms with E-state index in [0.717, 1.165) is 36.2 Å². The highest BCUT2D eigenvalue weighted by Crippen LogP contribution is 2.46. The maximum atomic E-state index is 13.4. The summed E-state index contributed by atoms with van der Waals surface area (Å²) < 4.78 is 11.1. The Bertz CT molecular complexity index is 1020. The van der Waals surface area contributed by atoms with Gasteiger partial charge in [-0.3, -0.25) is 4.79 Å². The summed E-state index contributed by atoms with van der Waals surface area (Å²) in [6, 6.07) is 6.13. The summed E-state index contributed by atoms with van der Waals surface area (Å²) in [4.78, 5) is 27.9. The van der Waals surface area contributed by atoms with Gasteiger partial charge >= 0.3 is 5.97 Å². The Morgan fingerprint density at radius 1 is 1.28 bits per heavy atom. The summed E-state index contributed by atoms with van der Waals surface area (Å²) >= 11 is 3.26. The average Bonchev–Trinajstić information content (AvgIpc) is 3.49. The zero-order chi connectivity index (χ0) is 22.7. The fourth-order valence-corrected chi connectivity index (χ4v) is 6.16. The van der Waals surface area contributed by atoms with Gasteiger partial charge in [-0.25, -0.2) is 4.79 Å². The van der Waals surface area contributed by atoms with Gasteiger partial charge in [0.05, 0.1) is 11.7 Å². The second kappa shape index (κ2) is 10.1. The number of dihydropyridines is 1. The molecule has 3 atom stereocenters. The molecule has 7 heteroatoms. The molecule has 2 aromatic heterocycles. The fourth-order valence-electron chi connectivity index (χ4n) is 4.64. The van der Waals surface area contributed by atoms with E-state index in [9.17, 15) is 9.59 Å². The van der Waals surface area contributed by atoms with Gasteiger partial charge in [-0.15, -0.1) is 11.3 Å². The SMILES string of the molecule is CCC[C@H](COC(=O)C1=C(C)NC2=C(C(=O)C[C@H](c3cccs3)C2)[C@@H]1c1ccsc1)OC. The number of methoxy groups -OCH3 is 1. The number of hydrogen-bond donors (Lipinski definition) is 1. The monoisotopic (exact) mass is 471 g/mol. The summed E-state index contributed by atoms with van der Waals surface area (Å²) in [6.07, 6.45) is 2.88. The number of hydrogen-bond acceptors (Lipinski definition) is 7. The Labute approximate surface area is 197 Å². The summed E-state index contributed by atoms with van der Waals surface area (Å²) in [5.41, 5.74) is 3.90. The van der Waals surface area contributed by atoms with Crippen LogP contribution >= 0.6 is 22.7 Å². The first-order valence-electron chi connectivity index (χ1n) is 11.0. The minimum Gasteiger partial charge on any atom is -0.459 e. The number of ketones is 1. The Morgan fingerprint density at radius 3 is 2.78 bits per heavy atom. The minimum atomic E-state index is -0.394. The van der Waals surface area contributed by atoms with Crippen molar-refractivity contribution in [3.8, 4) is 0 Å². The molecule has 1 N–H and O–H groups in total.